The van der Waals surface area contributed by atoms with Crippen LogP contribution in [-0.2, 0) is 12.8 Å². The number of alkyl halides is 1. The summed E-state index contributed by atoms with van der Waals surface area (Å²) in [5, 5.41) is 0.257. The highest BCUT2D eigenvalue weighted by Crippen LogP contribution is 2.32. The molecule has 19 heavy (non-hydrogen) atoms. The molecule has 0 amide bonds. The van der Waals surface area contributed by atoms with Crippen LogP contribution < -0.4 is 4.90 Å². The maximum Gasteiger partial charge on any atom is 0.135 e. The van der Waals surface area contributed by atoms with Gasteiger partial charge in [-0.1, -0.05) is 12.8 Å². The number of hydrogen-bond acceptors (Lipinski definition) is 3. The van der Waals surface area contributed by atoms with E-state index in [1.807, 2.05) is 0 Å². The summed E-state index contributed by atoms with van der Waals surface area (Å²) in [6.07, 6.45) is 11.3. The molecule has 3 nitrogen and oxygen atoms in total. The second kappa shape index (κ2) is 5.66. The first-order chi connectivity index (χ1) is 9.27. The standard InChI is InChI=1S/C15H22ClN3/c1-19(14-9-5-3-7-12(14)16)15-11-6-2-4-8-13(11)17-10-18-15/h10,12,14H,2-9H2,1H3. The fourth-order valence-corrected chi connectivity index (χ4v) is 3.92. The first-order valence-electron chi connectivity index (χ1n) is 7.47. The van der Waals surface area contributed by atoms with Gasteiger partial charge in [-0.3, -0.25) is 0 Å². The Balaban J connectivity index is 1.88. The lowest BCUT2D eigenvalue weighted by molar-refractivity contribution is 0.431. The van der Waals surface area contributed by atoms with E-state index in [1.54, 1.807) is 6.33 Å². The zero-order chi connectivity index (χ0) is 13.2. The summed E-state index contributed by atoms with van der Waals surface area (Å²) < 4.78 is 0. The van der Waals surface area contributed by atoms with Crippen LogP contribution in [0.15, 0.2) is 6.33 Å². The molecule has 1 saturated carbocycles. The van der Waals surface area contributed by atoms with Crippen LogP contribution in [0.5, 0.6) is 0 Å². The van der Waals surface area contributed by atoms with Crippen molar-refractivity contribution < 1.29 is 0 Å². The minimum absolute atomic E-state index is 0.257. The van der Waals surface area contributed by atoms with Gasteiger partial charge in [0.2, 0.25) is 0 Å². The summed E-state index contributed by atoms with van der Waals surface area (Å²) >= 11 is 6.53. The van der Waals surface area contributed by atoms with Crippen LogP contribution in [0.4, 0.5) is 5.82 Å². The van der Waals surface area contributed by atoms with Crippen LogP contribution in [0, 0.1) is 0 Å². The number of aryl methyl sites for hydroxylation is 1. The quantitative estimate of drug-likeness (QED) is 0.778. The predicted molar refractivity (Wildman–Crippen MR) is 79.0 cm³/mol. The molecule has 2 atom stereocenters. The lowest BCUT2D eigenvalue weighted by atomic mass is 9.92. The molecule has 3 rings (SSSR count). The average Bonchev–Trinajstić information content (AvgIpc) is 2.46. The largest absolute Gasteiger partial charge is 0.355 e. The third kappa shape index (κ3) is 2.58. The lowest BCUT2D eigenvalue weighted by Gasteiger charge is -2.37. The summed E-state index contributed by atoms with van der Waals surface area (Å²) in [7, 11) is 2.16. The van der Waals surface area contributed by atoms with Crippen LogP contribution in [-0.4, -0.2) is 28.4 Å². The van der Waals surface area contributed by atoms with Gasteiger partial charge in [0.15, 0.2) is 0 Å². The van der Waals surface area contributed by atoms with Crippen LogP contribution in [0.25, 0.3) is 0 Å². The fourth-order valence-electron chi connectivity index (χ4n) is 3.47. The second-order valence-corrected chi connectivity index (χ2v) is 6.37. The number of hydrogen-bond donors (Lipinski definition) is 0. The molecule has 0 aliphatic heterocycles. The van der Waals surface area contributed by atoms with Crippen molar-refractivity contribution in [3.8, 4) is 0 Å². The molecule has 1 fully saturated rings. The molecular formula is C15H22ClN3. The summed E-state index contributed by atoms with van der Waals surface area (Å²) in [6, 6.07) is 0.427. The number of fused-ring (bicyclic) bond motifs is 1. The second-order valence-electron chi connectivity index (χ2n) is 5.81. The van der Waals surface area contributed by atoms with Gasteiger partial charge in [-0.25, -0.2) is 9.97 Å². The van der Waals surface area contributed by atoms with E-state index in [2.05, 4.69) is 21.9 Å². The van der Waals surface area contributed by atoms with Crippen molar-refractivity contribution in [2.45, 2.75) is 62.8 Å². The highest BCUT2D eigenvalue weighted by Gasteiger charge is 2.29. The minimum Gasteiger partial charge on any atom is -0.355 e. The summed E-state index contributed by atoms with van der Waals surface area (Å²) in [5.74, 6) is 1.13. The van der Waals surface area contributed by atoms with Gasteiger partial charge in [0.05, 0.1) is 5.38 Å². The molecule has 0 aromatic carbocycles. The van der Waals surface area contributed by atoms with E-state index >= 15 is 0 Å². The van der Waals surface area contributed by atoms with Crippen LogP contribution in [0.2, 0.25) is 0 Å². The van der Waals surface area contributed by atoms with Gasteiger partial charge in [-0.05, 0) is 38.5 Å². The van der Waals surface area contributed by atoms with Gasteiger partial charge in [-0.2, -0.15) is 0 Å². The van der Waals surface area contributed by atoms with E-state index in [9.17, 15) is 0 Å². The smallest absolute Gasteiger partial charge is 0.135 e. The molecule has 0 spiro atoms. The van der Waals surface area contributed by atoms with Crippen LogP contribution in [0.1, 0.15) is 49.8 Å². The third-order valence-corrected chi connectivity index (χ3v) is 5.09. The SMILES string of the molecule is CN(c1ncnc2c1CCCC2)C1CCCCC1Cl. The molecule has 104 valence electrons. The molecule has 2 aliphatic rings. The molecule has 2 unspecified atom stereocenters. The van der Waals surface area contributed by atoms with Crippen LogP contribution >= 0.6 is 11.6 Å². The lowest BCUT2D eigenvalue weighted by Crippen LogP contribution is -2.42. The molecule has 0 bridgehead atoms. The first kappa shape index (κ1) is 13.2. The summed E-state index contributed by atoms with van der Waals surface area (Å²) in [5.41, 5.74) is 2.62. The van der Waals surface area contributed by atoms with Crippen molar-refractivity contribution in [2.24, 2.45) is 0 Å². The molecular weight excluding hydrogens is 258 g/mol. The maximum atomic E-state index is 6.53. The molecule has 4 heteroatoms. The highest BCUT2D eigenvalue weighted by atomic mass is 35.5. The number of halogens is 1. The fraction of sp³-hybridized carbons (Fsp3) is 0.733. The van der Waals surface area contributed by atoms with Gasteiger partial charge in [0, 0.05) is 24.3 Å². The summed E-state index contributed by atoms with van der Waals surface area (Å²) in [4.78, 5) is 11.3. The molecule has 2 aliphatic carbocycles. The van der Waals surface area contributed by atoms with Crippen molar-refractivity contribution in [1.82, 2.24) is 9.97 Å². The molecule has 0 radical (unpaired) electrons. The average molecular weight is 280 g/mol. The topological polar surface area (TPSA) is 29.0 Å². The van der Waals surface area contributed by atoms with Crippen molar-refractivity contribution in [2.75, 3.05) is 11.9 Å². The Kier molecular flexibility index (Phi) is 3.92. The Hall–Kier alpha value is -0.830. The third-order valence-electron chi connectivity index (χ3n) is 4.58. The normalized spacial score (nSPS) is 26.8. The first-order valence-corrected chi connectivity index (χ1v) is 7.90. The van der Waals surface area contributed by atoms with E-state index in [4.69, 9.17) is 11.6 Å². The van der Waals surface area contributed by atoms with Gasteiger partial charge >= 0.3 is 0 Å². The zero-order valence-corrected chi connectivity index (χ0v) is 12.4. The highest BCUT2D eigenvalue weighted by molar-refractivity contribution is 6.21. The number of nitrogens with zero attached hydrogens (tertiary/aromatic N) is 3. The molecule has 0 N–H and O–H groups in total. The number of aromatic nitrogens is 2. The molecule has 0 saturated heterocycles. The Morgan fingerprint density at radius 3 is 2.74 bits per heavy atom. The minimum atomic E-state index is 0.257. The van der Waals surface area contributed by atoms with Gasteiger partial charge in [-0.15, -0.1) is 11.6 Å². The zero-order valence-electron chi connectivity index (χ0n) is 11.6. The van der Waals surface area contributed by atoms with E-state index < -0.39 is 0 Å². The van der Waals surface area contributed by atoms with Crippen molar-refractivity contribution >= 4 is 17.4 Å². The van der Waals surface area contributed by atoms with E-state index in [-0.39, 0.29) is 5.38 Å². The van der Waals surface area contributed by atoms with Crippen molar-refractivity contribution in [3.05, 3.63) is 17.6 Å². The maximum absolute atomic E-state index is 6.53. The van der Waals surface area contributed by atoms with Gasteiger partial charge in [0.1, 0.15) is 12.1 Å². The Morgan fingerprint density at radius 1 is 1.11 bits per heavy atom. The summed E-state index contributed by atoms with van der Waals surface area (Å²) in [6.45, 7) is 0. The van der Waals surface area contributed by atoms with E-state index in [0.717, 1.165) is 25.1 Å². The molecule has 1 aromatic heterocycles. The molecule has 1 heterocycles. The Labute approximate surface area is 120 Å². The number of rotatable bonds is 2. The van der Waals surface area contributed by atoms with E-state index in [0.29, 0.717) is 6.04 Å². The Morgan fingerprint density at radius 2 is 1.89 bits per heavy atom. The van der Waals surface area contributed by atoms with Crippen molar-refractivity contribution in [1.29, 1.82) is 0 Å². The van der Waals surface area contributed by atoms with Crippen LogP contribution in [0.3, 0.4) is 0 Å². The monoisotopic (exact) mass is 279 g/mol. The van der Waals surface area contributed by atoms with Gasteiger partial charge in [0.25, 0.3) is 0 Å². The number of anilines is 1. The predicted octanol–water partition coefficient (Wildman–Crippen LogP) is 3.34. The molecule has 1 aromatic rings. The van der Waals surface area contributed by atoms with Crippen molar-refractivity contribution in [3.63, 3.8) is 0 Å². The van der Waals surface area contributed by atoms with Gasteiger partial charge < -0.3 is 4.90 Å². The Bertz CT molecular complexity index is 449. The van der Waals surface area contributed by atoms with E-state index in [1.165, 1.54) is 43.4 Å².